The molecule has 1 unspecified atom stereocenters. The van der Waals surface area contributed by atoms with Crippen LogP contribution in [0.2, 0.25) is 0 Å². The van der Waals surface area contributed by atoms with Crippen molar-refractivity contribution in [3.05, 3.63) is 33.9 Å². The smallest absolute Gasteiger partial charge is 0.0603 e. The van der Waals surface area contributed by atoms with E-state index < -0.39 is 0 Å². The van der Waals surface area contributed by atoms with Gasteiger partial charge in [0.2, 0.25) is 0 Å². The summed E-state index contributed by atoms with van der Waals surface area (Å²) in [7, 11) is 0. The normalized spacial score (nSPS) is 19.5. The number of hydrogen-bond acceptors (Lipinski definition) is 0. The van der Waals surface area contributed by atoms with Gasteiger partial charge in [0.25, 0.3) is 0 Å². The largest absolute Gasteiger partial charge is 0.357 e. The van der Waals surface area contributed by atoms with Crippen molar-refractivity contribution in [2.45, 2.75) is 39.0 Å². The number of aromatic amines is 1. The molecule has 1 N–H and O–H groups in total. The van der Waals surface area contributed by atoms with Gasteiger partial charge in [0.15, 0.2) is 0 Å². The van der Waals surface area contributed by atoms with Crippen LogP contribution in [0, 0.1) is 5.92 Å². The van der Waals surface area contributed by atoms with E-state index in [1.807, 2.05) is 0 Å². The SMILES string of the molecule is CCCC1CCc2[nH]c3c(Br)cccc3c2C1. The molecular weight excluding hydrogens is 274 g/mol. The third-order valence-electron chi connectivity index (χ3n) is 3.97. The maximum Gasteiger partial charge on any atom is 0.0603 e. The number of fused-ring (bicyclic) bond motifs is 3. The van der Waals surface area contributed by atoms with Crippen LogP contribution in [-0.2, 0) is 12.8 Å². The molecule has 1 atom stereocenters. The maximum atomic E-state index is 3.64. The number of para-hydroxylation sites is 1. The van der Waals surface area contributed by atoms with Gasteiger partial charge in [-0.05, 0) is 52.7 Å². The Morgan fingerprint density at radius 3 is 3.12 bits per heavy atom. The summed E-state index contributed by atoms with van der Waals surface area (Å²) in [6.45, 7) is 2.29. The predicted molar refractivity (Wildman–Crippen MR) is 76.4 cm³/mol. The second kappa shape index (κ2) is 4.49. The van der Waals surface area contributed by atoms with Crippen LogP contribution in [0.3, 0.4) is 0 Å². The first-order valence-corrected chi connectivity index (χ1v) is 7.36. The van der Waals surface area contributed by atoms with Crippen molar-refractivity contribution >= 4 is 26.8 Å². The number of hydrogen-bond donors (Lipinski definition) is 1. The van der Waals surface area contributed by atoms with Crippen LogP contribution in [0.15, 0.2) is 22.7 Å². The molecule has 3 rings (SSSR count). The first-order chi connectivity index (χ1) is 8.29. The summed E-state index contributed by atoms with van der Waals surface area (Å²) in [5.41, 5.74) is 4.33. The molecule has 90 valence electrons. The Kier molecular flexibility index (Phi) is 2.99. The van der Waals surface area contributed by atoms with Gasteiger partial charge in [-0.25, -0.2) is 0 Å². The topological polar surface area (TPSA) is 15.8 Å². The van der Waals surface area contributed by atoms with Crippen molar-refractivity contribution in [3.8, 4) is 0 Å². The molecule has 0 fully saturated rings. The average Bonchev–Trinajstić information content (AvgIpc) is 2.70. The zero-order valence-electron chi connectivity index (χ0n) is 10.2. The van der Waals surface area contributed by atoms with Gasteiger partial charge >= 0.3 is 0 Å². The van der Waals surface area contributed by atoms with Gasteiger partial charge in [0, 0.05) is 15.6 Å². The first-order valence-electron chi connectivity index (χ1n) is 6.57. The lowest BCUT2D eigenvalue weighted by Crippen LogP contribution is -2.13. The Labute approximate surface area is 111 Å². The standard InChI is InChI=1S/C15H18BrN/c1-2-4-10-7-8-14-12(9-10)11-5-3-6-13(16)15(11)17-14/h3,5-6,10,17H,2,4,7-9H2,1H3. The van der Waals surface area contributed by atoms with Crippen molar-refractivity contribution in [1.82, 2.24) is 4.98 Å². The van der Waals surface area contributed by atoms with Gasteiger partial charge in [-0.15, -0.1) is 0 Å². The average molecular weight is 292 g/mol. The number of rotatable bonds is 2. The molecule has 17 heavy (non-hydrogen) atoms. The lowest BCUT2D eigenvalue weighted by molar-refractivity contribution is 0.422. The zero-order chi connectivity index (χ0) is 11.8. The van der Waals surface area contributed by atoms with E-state index in [-0.39, 0.29) is 0 Å². The summed E-state index contributed by atoms with van der Waals surface area (Å²) < 4.78 is 1.19. The molecule has 1 aliphatic rings. The third-order valence-corrected chi connectivity index (χ3v) is 4.63. The highest BCUT2D eigenvalue weighted by Gasteiger charge is 2.22. The molecule has 0 bridgehead atoms. The van der Waals surface area contributed by atoms with Crippen LogP contribution in [0.25, 0.3) is 10.9 Å². The molecule has 0 amide bonds. The number of halogens is 1. The highest BCUT2D eigenvalue weighted by atomic mass is 79.9. The predicted octanol–water partition coefficient (Wildman–Crippen LogP) is 4.84. The zero-order valence-corrected chi connectivity index (χ0v) is 11.8. The maximum absolute atomic E-state index is 3.64. The van der Waals surface area contributed by atoms with E-state index in [1.54, 1.807) is 5.56 Å². The van der Waals surface area contributed by atoms with Crippen LogP contribution in [0.1, 0.15) is 37.4 Å². The van der Waals surface area contributed by atoms with Gasteiger partial charge in [0.1, 0.15) is 0 Å². The monoisotopic (exact) mass is 291 g/mol. The van der Waals surface area contributed by atoms with Crippen LogP contribution in [0.5, 0.6) is 0 Å². The Balaban J connectivity index is 2.06. The fourth-order valence-corrected chi connectivity index (χ4v) is 3.60. The van der Waals surface area contributed by atoms with Crippen LogP contribution in [-0.4, -0.2) is 4.98 Å². The fourth-order valence-electron chi connectivity index (χ4n) is 3.13. The summed E-state index contributed by atoms with van der Waals surface area (Å²) in [6.07, 6.45) is 6.53. The molecule has 2 aromatic rings. The quantitative estimate of drug-likeness (QED) is 0.815. The van der Waals surface area contributed by atoms with E-state index in [4.69, 9.17) is 0 Å². The summed E-state index contributed by atoms with van der Waals surface area (Å²) in [6, 6.07) is 6.52. The number of H-pyrrole nitrogens is 1. The number of benzene rings is 1. The minimum Gasteiger partial charge on any atom is -0.357 e. The minimum absolute atomic E-state index is 0.894. The van der Waals surface area contributed by atoms with Crippen molar-refractivity contribution in [2.75, 3.05) is 0 Å². The van der Waals surface area contributed by atoms with Gasteiger partial charge in [-0.2, -0.15) is 0 Å². The van der Waals surface area contributed by atoms with Crippen molar-refractivity contribution in [1.29, 1.82) is 0 Å². The number of aromatic nitrogens is 1. The lowest BCUT2D eigenvalue weighted by atomic mass is 9.84. The van der Waals surface area contributed by atoms with Gasteiger partial charge in [-0.3, -0.25) is 0 Å². The Bertz CT molecular complexity index is 541. The van der Waals surface area contributed by atoms with Crippen molar-refractivity contribution < 1.29 is 0 Å². The van der Waals surface area contributed by atoms with E-state index in [9.17, 15) is 0 Å². The summed E-state index contributed by atoms with van der Waals surface area (Å²) in [5.74, 6) is 0.894. The molecular formula is C15H18BrN. The van der Waals surface area contributed by atoms with Crippen molar-refractivity contribution in [3.63, 3.8) is 0 Å². The Hall–Kier alpha value is -0.760. The third kappa shape index (κ3) is 1.93. The van der Waals surface area contributed by atoms with Crippen molar-refractivity contribution in [2.24, 2.45) is 5.92 Å². The van der Waals surface area contributed by atoms with Gasteiger partial charge < -0.3 is 4.98 Å². The molecule has 1 heterocycles. The first kappa shape index (κ1) is 11.3. The molecule has 0 saturated heterocycles. The molecule has 0 aliphatic heterocycles. The van der Waals surface area contributed by atoms with E-state index in [0.29, 0.717) is 0 Å². The Morgan fingerprint density at radius 2 is 2.29 bits per heavy atom. The molecule has 1 aliphatic carbocycles. The molecule has 1 aromatic heterocycles. The summed E-state index contributed by atoms with van der Waals surface area (Å²) in [5, 5.41) is 1.43. The fraction of sp³-hybridized carbons (Fsp3) is 0.467. The van der Waals surface area contributed by atoms with E-state index in [0.717, 1.165) is 5.92 Å². The van der Waals surface area contributed by atoms with Crippen LogP contribution < -0.4 is 0 Å². The molecule has 2 heteroatoms. The van der Waals surface area contributed by atoms with E-state index >= 15 is 0 Å². The number of nitrogens with one attached hydrogen (secondary N) is 1. The van der Waals surface area contributed by atoms with Crippen LogP contribution >= 0.6 is 15.9 Å². The molecule has 0 spiro atoms. The second-order valence-corrected chi connectivity index (χ2v) is 6.00. The summed E-state index contributed by atoms with van der Waals surface area (Å²) >= 11 is 3.64. The molecule has 1 aromatic carbocycles. The highest BCUT2D eigenvalue weighted by molar-refractivity contribution is 9.10. The van der Waals surface area contributed by atoms with Crippen LogP contribution in [0.4, 0.5) is 0 Å². The van der Waals surface area contributed by atoms with E-state index in [1.165, 1.54) is 53.2 Å². The van der Waals surface area contributed by atoms with Gasteiger partial charge in [0.05, 0.1) is 5.52 Å². The number of aryl methyl sites for hydroxylation is 1. The molecule has 0 radical (unpaired) electrons. The summed E-state index contributed by atoms with van der Waals surface area (Å²) in [4.78, 5) is 3.60. The minimum atomic E-state index is 0.894. The molecule has 1 nitrogen and oxygen atoms in total. The second-order valence-electron chi connectivity index (χ2n) is 5.14. The highest BCUT2D eigenvalue weighted by Crippen LogP contribution is 2.35. The van der Waals surface area contributed by atoms with Gasteiger partial charge in [-0.1, -0.05) is 31.9 Å². The Morgan fingerprint density at radius 1 is 1.41 bits per heavy atom. The van der Waals surface area contributed by atoms with E-state index in [2.05, 4.69) is 46.0 Å². The molecule has 0 saturated carbocycles. The lowest BCUT2D eigenvalue weighted by Gasteiger charge is -2.21.